The second kappa shape index (κ2) is 6.79. The van der Waals surface area contributed by atoms with Gasteiger partial charge in [-0.15, -0.1) is 11.8 Å². The van der Waals surface area contributed by atoms with Crippen LogP contribution in [0.25, 0.3) is 0 Å². The molecule has 1 aliphatic heterocycles. The number of nitrogens with zero attached hydrogens (tertiary/aromatic N) is 1. The molecule has 0 aliphatic carbocycles. The fourth-order valence-electron chi connectivity index (χ4n) is 2.18. The summed E-state index contributed by atoms with van der Waals surface area (Å²) in [6.07, 6.45) is 0.167. The van der Waals surface area contributed by atoms with Crippen LogP contribution >= 0.6 is 11.8 Å². The quantitative estimate of drug-likeness (QED) is 0.873. The Kier molecular flexibility index (Phi) is 5.06. The van der Waals surface area contributed by atoms with Gasteiger partial charge in [0.25, 0.3) is 0 Å². The van der Waals surface area contributed by atoms with Crippen LogP contribution in [-0.2, 0) is 15.3 Å². The van der Waals surface area contributed by atoms with E-state index in [0.29, 0.717) is 18.8 Å². The standard InChI is InChI=1S/C15H19NO3S/c1-11-2-4-12(5-3-11)9-20-10-14(17)16-7-13(8-16)6-15(18)19/h2-5,13H,6-10H2,1H3,(H,18,19). The van der Waals surface area contributed by atoms with Crippen molar-refractivity contribution in [2.45, 2.75) is 19.1 Å². The average Bonchev–Trinajstić information content (AvgIpc) is 2.35. The molecule has 108 valence electrons. The largest absolute Gasteiger partial charge is 0.481 e. The van der Waals surface area contributed by atoms with Gasteiger partial charge in [-0.2, -0.15) is 0 Å². The first-order valence-electron chi connectivity index (χ1n) is 6.67. The molecule has 0 spiro atoms. The van der Waals surface area contributed by atoms with Gasteiger partial charge in [0.1, 0.15) is 0 Å². The van der Waals surface area contributed by atoms with Crippen LogP contribution < -0.4 is 0 Å². The zero-order valence-electron chi connectivity index (χ0n) is 11.5. The number of thioether (sulfide) groups is 1. The van der Waals surface area contributed by atoms with E-state index in [4.69, 9.17) is 5.11 Å². The van der Waals surface area contributed by atoms with Crippen molar-refractivity contribution in [1.82, 2.24) is 4.90 Å². The van der Waals surface area contributed by atoms with E-state index in [1.54, 1.807) is 16.7 Å². The van der Waals surface area contributed by atoms with Crippen molar-refractivity contribution < 1.29 is 14.7 Å². The highest BCUT2D eigenvalue weighted by Crippen LogP contribution is 2.21. The van der Waals surface area contributed by atoms with Crippen LogP contribution in [0.4, 0.5) is 0 Å². The molecule has 1 amide bonds. The molecule has 0 atom stereocenters. The van der Waals surface area contributed by atoms with E-state index in [9.17, 15) is 9.59 Å². The Morgan fingerprint density at radius 3 is 2.55 bits per heavy atom. The summed E-state index contributed by atoms with van der Waals surface area (Å²) in [5.41, 5.74) is 2.46. The topological polar surface area (TPSA) is 57.6 Å². The van der Waals surface area contributed by atoms with Gasteiger partial charge in [-0.25, -0.2) is 0 Å². The van der Waals surface area contributed by atoms with Crippen molar-refractivity contribution in [3.8, 4) is 0 Å². The zero-order chi connectivity index (χ0) is 14.5. The average molecular weight is 293 g/mol. The fourth-order valence-corrected chi connectivity index (χ4v) is 3.07. The summed E-state index contributed by atoms with van der Waals surface area (Å²) in [4.78, 5) is 24.1. The number of aliphatic carboxylic acids is 1. The van der Waals surface area contributed by atoms with E-state index in [1.165, 1.54) is 11.1 Å². The molecular formula is C15H19NO3S. The van der Waals surface area contributed by atoms with Crippen molar-refractivity contribution >= 4 is 23.6 Å². The minimum atomic E-state index is -0.782. The predicted octanol–water partition coefficient (Wildman–Crippen LogP) is 2.16. The Hall–Kier alpha value is -1.49. The molecule has 1 fully saturated rings. The molecular weight excluding hydrogens is 274 g/mol. The normalized spacial score (nSPS) is 14.9. The zero-order valence-corrected chi connectivity index (χ0v) is 12.4. The van der Waals surface area contributed by atoms with Crippen molar-refractivity contribution in [2.24, 2.45) is 5.92 Å². The van der Waals surface area contributed by atoms with Gasteiger partial charge in [0.15, 0.2) is 0 Å². The first kappa shape index (κ1) is 14.9. The van der Waals surface area contributed by atoms with Crippen LogP contribution in [-0.4, -0.2) is 40.7 Å². The second-order valence-corrected chi connectivity index (χ2v) is 6.23. The van der Waals surface area contributed by atoms with Gasteiger partial charge >= 0.3 is 5.97 Å². The second-order valence-electron chi connectivity index (χ2n) is 5.24. The molecule has 0 radical (unpaired) electrons. The smallest absolute Gasteiger partial charge is 0.303 e. The van der Waals surface area contributed by atoms with Crippen molar-refractivity contribution in [3.05, 3.63) is 35.4 Å². The summed E-state index contributed by atoms with van der Waals surface area (Å²) in [6, 6.07) is 8.31. The maximum absolute atomic E-state index is 11.9. The number of carbonyl (C=O) groups excluding carboxylic acids is 1. The van der Waals surface area contributed by atoms with E-state index in [-0.39, 0.29) is 18.2 Å². The summed E-state index contributed by atoms with van der Waals surface area (Å²) in [5.74, 6) is 0.768. The number of likely N-dealkylation sites (tertiary alicyclic amines) is 1. The number of carbonyl (C=O) groups is 2. The molecule has 5 heteroatoms. The first-order valence-corrected chi connectivity index (χ1v) is 7.83. The number of hydrogen-bond donors (Lipinski definition) is 1. The Morgan fingerprint density at radius 1 is 1.30 bits per heavy atom. The molecule has 0 aromatic heterocycles. The summed E-state index contributed by atoms with van der Waals surface area (Å²) in [5, 5.41) is 8.65. The Labute approximate surface area is 123 Å². The van der Waals surface area contributed by atoms with Crippen LogP contribution in [0, 0.1) is 12.8 Å². The summed E-state index contributed by atoms with van der Waals surface area (Å²) >= 11 is 1.61. The number of rotatable bonds is 6. The number of benzene rings is 1. The minimum Gasteiger partial charge on any atom is -0.481 e. The maximum Gasteiger partial charge on any atom is 0.303 e. The highest BCUT2D eigenvalue weighted by molar-refractivity contribution is 7.99. The molecule has 0 saturated carbocycles. The molecule has 20 heavy (non-hydrogen) atoms. The Bertz CT molecular complexity index is 480. The molecule has 1 N–H and O–H groups in total. The summed E-state index contributed by atoms with van der Waals surface area (Å²) < 4.78 is 0. The van der Waals surface area contributed by atoms with Gasteiger partial charge in [-0.3, -0.25) is 9.59 Å². The number of aryl methyl sites for hydroxylation is 1. The fraction of sp³-hybridized carbons (Fsp3) is 0.467. The predicted molar refractivity (Wildman–Crippen MR) is 79.7 cm³/mol. The number of hydrogen-bond acceptors (Lipinski definition) is 3. The summed E-state index contributed by atoms with van der Waals surface area (Å²) in [6.45, 7) is 3.24. The highest BCUT2D eigenvalue weighted by Gasteiger charge is 2.31. The molecule has 4 nitrogen and oxygen atoms in total. The molecule has 1 aromatic carbocycles. The van der Waals surface area contributed by atoms with Gasteiger partial charge < -0.3 is 10.0 Å². The lowest BCUT2D eigenvalue weighted by Crippen LogP contribution is -2.51. The monoisotopic (exact) mass is 293 g/mol. The third kappa shape index (κ3) is 4.27. The molecule has 1 aromatic rings. The highest BCUT2D eigenvalue weighted by atomic mass is 32.2. The van der Waals surface area contributed by atoms with Gasteiger partial charge in [0.05, 0.1) is 12.2 Å². The van der Waals surface area contributed by atoms with E-state index in [0.717, 1.165) is 5.75 Å². The maximum atomic E-state index is 11.9. The molecule has 1 saturated heterocycles. The lowest BCUT2D eigenvalue weighted by Gasteiger charge is -2.38. The molecule has 2 rings (SSSR count). The van der Waals surface area contributed by atoms with Gasteiger partial charge in [0, 0.05) is 24.8 Å². The number of carboxylic acids is 1. The number of amides is 1. The lowest BCUT2D eigenvalue weighted by atomic mass is 9.96. The summed E-state index contributed by atoms with van der Waals surface area (Å²) in [7, 11) is 0. The van der Waals surface area contributed by atoms with Crippen molar-refractivity contribution in [3.63, 3.8) is 0 Å². The molecule has 1 aliphatic rings. The van der Waals surface area contributed by atoms with Crippen LogP contribution in [0.5, 0.6) is 0 Å². The third-order valence-electron chi connectivity index (χ3n) is 3.39. The van der Waals surface area contributed by atoms with Gasteiger partial charge in [-0.05, 0) is 12.5 Å². The lowest BCUT2D eigenvalue weighted by molar-refractivity contribution is -0.143. The van der Waals surface area contributed by atoms with E-state index < -0.39 is 5.97 Å². The third-order valence-corrected chi connectivity index (χ3v) is 4.38. The van der Waals surface area contributed by atoms with E-state index in [2.05, 4.69) is 31.2 Å². The van der Waals surface area contributed by atoms with Crippen LogP contribution in [0.15, 0.2) is 24.3 Å². The van der Waals surface area contributed by atoms with Gasteiger partial charge in [0.2, 0.25) is 5.91 Å². The minimum absolute atomic E-state index is 0.115. The van der Waals surface area contributed by atoms with Gasteiger partial charge in [-0.1, -0.05) is 29.8 Å². The van der Waals surface area contributed by atoms with Crippen molar-refractivity contribution in [1.29, 1.82) is 0 Å². The van der Waals surface area contributed by atoms with Crippen LogP contribution in [0.3, 0.4) is 0 Å². The van der Waals surface area contributed by atoms with E-state index >= 15 is 0 Å². The van der Waals surface area contributed by atoms with E-state index in [1.807, 2.05) is 0 Å². The Balaban J connectivity index is 1.64. The molecule has 1 heterocycles. The first-order chi connectivity index (χ1) is 9.54. The van der Waals surface area contributed by atoms with Crippen LogP contribution in [0.1, 0.15) is 17.5 Å². The van der Waals surface area contributed by atoms with Crippen LogP contribution in [0.2, 0.25) is 0 Å². The van der Waals surface area contributed by atoms with Crippen molar-refractivity contribution in [2.75, 3.05) is 18.8 Å². The molecule has 0 bridgehead atoms. The Morgan fingerprint density at radius 2 is 1.95 bits per heavy atom. The SMILES string of the molecule is Cc1ccc(CSCC(=O)N2CC(CC(=O)O)C2)cc1. The number of carboxylic acid groups (broad SMARTS) is 1. The molecule has 0 unspecified atom stereocenters.